The quantitative estimate of drug-likeness (QED) is 0.517. The Morgan fingerprint density at radius 3 is 2.92 bits per heavy atom. The van der Waals surface area contributed by atoms with Crippen LogP contribution in [-0.4, -0.2) is 23.9 Å². The normalized spacial score (nSPS) is 24.8. The second-order valence-electron chi connectivity index (χ2n) is 3.09. The topological polar surface area (TPSA) is 32.8 Å². The van der Waals surface area contributed by atoms with Crippen LogP contribution in [0.25, 0.3) is 0 Å². The second kappa shape index (κ2) is 5.00. The van der Waals surface area contributed by atoms with Gasteiger partial charge in [0.15, 0.2) is 0 Å². The maximum Gasteiger partial charge on any atom is 0.0837 e. The van der Waals surface area contributed by atoms with Gasteiger partial charge < -0.3 is 9.84 Å². The molecule has 72 valence electrons. The minimum atomic E-state index is -0.409. The maximum absolute atomic E-state index is 9.71. The Morgan fingerprint density at radius 1 is 1.77 bits per heavy atom. The summed E-state index contributed by atoms with van der Waals surface area (Å²) < 4.78 is 5.05. The van der Waals surface area contributed by atoms with Crippen molar-refractivity contribution in [1.29, 1.82) is 0 Å². The van der Waals surface area contributed by atoms with Crippen molar-refractivity contribution in [2.45, 2.75) is 25.6 Å². The highest BCUT2D eigenvalue weighted by Crippen LogP contribution is 2.19. The fourth-order valence-corrected chi connectivity index (χ4v) is 1.17. The van der Waals surface area contributed by atoms with E-state index in [9.17, 15) is 5.11 Å². The van der Waals surface area contributed by atoms with Crippen molar-refractivity contribution in [2.75, 3.05) is 6.61 Å². The van der Waals surface area contributed by atoms with Crippen molar-refractivity contribution in [1.82, 2.24) is 0 Å². The molecular weight excluding hydrogens is 164 g/mol. The predicted molar refractivity (Wildman–Crippen MR) is 53.5 cm³/mol. The van der Waals surface area contributed by atoms with E-state index in [2.05, 4.69) is 6.58 Å². The standard InChI is InChI=1S/C11H16O2/c1-3-5-6-9(4-2)11(12)7-10-8-13-10/h3-6,10-12H,1,7-8H2,2H3/b6-5-,9-4+. The molecule has 0 aliphatic carbocycles. The summed E-state index contributed by atoms with van der Waals surface area (Å²) in [6.45, 7) is 6.29. The molecule has 0 bridgehead atoms. The molecule has 1 aliphatic heterocycles. The molecule has 1 fully saturated rings. The van der Waals surface area contributed by atoms with Crippen LogP contribution >= 0.6 is 0 Å². The van der Waals surface area contributed by atoms with Crippen LogP contribution in [0.15, 0.2) is 36.5 Å². The van der Waals surface area contributed by atoms with Gasteiger partial charge in [0.2, 0.25) is 0 Å². The van der Waals surface area contributed by atoms with Gasteiger partial charge in [0.1, 0.15) is 0 Å². The van der Waals surface area contributed by atoms with Gasteiger partial charge in [0.25, 0.3) is 0 Å². The minimum absolute atomic E-state index is 0.266. The Bertz CT molecular complexity index is 224. The average Bonchev–Trinajstić information content (AvgIpc) is 2.90. The van der Waals surface area contributed by atoms with Crippen LogP contribution < -0.4 is 0 Å². The zero-order chi connectivity index (χ0) is 9.68. The first-order valence-corrected chi connectivity index (χ1v) is 4.53. The van der Waals surface area contributed by atoms with Crippen molar-refractivity contribution < 1.29 is 9.84 Å². The molecule has 1 N–H and O–H groups in total. The highest BCUT2D eigenvalue weighted by atomic mass is 16.6. The van der Waals surface area contributed by atoms with Gasteiger partial charge in [-0.15, -0.1) is 0 Å². The molecule has 2 atom stereocenters. The Morgan fingerprint density at radius 2 is 2.46 bits per heavy atom. The van der Waals surface area contributed by atoms with Crippen LogP contribution in [0.5, 0.6) is 0 Å². The van der Waals surface area contributed by atoms with Crippen molar-refractivity contribution >= 4 is 0 Å². The summed E-state index contributed by atoms with van der Waals surface area (Å²) in [6.07, 6.45) is 7.86. The first-order valence-electron chi connectivity index (χ1n) is 4.53. The molecule has 0 radical (unpaired) electrons. The molecule has 1 aliphatic rings. The molecule has 0 aromatic rings. The summed E-state index contributed by atoms with van der Waals surface area (Å²) in [6, 6.07) is 0. The lowest BCUT2D eigenvalue weighted by atomic mass is 10.0. The molecule has 0 amide bonds. The van der Waals surface area contributed by atoms with Crippen molar-refractivity contribution in [2.24, 2.45) is 0 Å². The van der Waals surface area contributed by atoms with Crippen LogP contribution in [0.4, 0.5) is 0 Å². The third-order valence-corrected chi connectivity index (χ3v) is 2.03. The number of epoxide rings is 1. The third-order valence-electron chi connectivity index (χ3n) is 2.03. The summed E-state index contributed by atoms with van der Waals surface area (Å²) in [5.74, 6) is 0. The van der Waals surface area contributed by atoms with Gasteiger partial charge in [-0.2, -0.15) is 0 Å². The number of allylic oxidation sites excluding steroid dienone is 3. The number of ether oxygens (including phenoxy) is 1. The number of hydrogen-bond donors (Lipinski definition) is 1. The lowest BCUT2D eigenvalue weighted by molar-refractivity contribution is 0.188. The molecule has 2 heteroatoms. The maximum atomic E-state index is 9.71. The number of hydrogen-bond acceptors (Lipinski definition) is 2. The van der Waals surface area contributed by atoms with Crippen molar-refractivity contribution in [3.63, 3.8) is 0 Å². The van der Waals surface area contributed by atoms with Crippen LogP contribution in [0, 0.1) is 0 Å². The zero-order valence-corrected chi connectivity index (χ0v) is 7.94. The fraction of sp³-hybridized carbons (Fsp3) is 0.455. The van der Waals surface area contributed by atoms with E-state index in [4.69, 9.17) is 4.74 Å². The van der Waals surface area contributed by atoms with Crippen LogP contribution in [0.1, 0.15) is 13.3 Å². The summed E-state index contributed by atoms with van der Waals surface area (Å²) in [5.41, 5.74) is 0.926. The van der Waals surface area contributed by atoms with E-state index in [0.29, 0.717) is 6.42 Å². The first-order chi connectivity index (χ1) is 6.27. The smallest absolute Gasteiger partial charge is 0.0837 e. The van der Waals surface area contributed by atoms with E-state index in [-0.39, 0.29) is 6.10 Å². The van der Waals surface area contributed by atoms with E-state index in [1.807, 2.05) is 25.2 Å². The Kier molecular flexibility index (Phi) is 3.93. The minimum Gasteiger partial charge on any atom is -0.388 e. The summed E-state index contributed by atoms with van der Waals surface area (Å²) in [5, 5.41) is 9.71. The van der Waals surface area contributed by atoms with Gasteiger partial charge >= 0.3 is 0 Å². The highest BCUT2D eigenvalue weighted by Gasteiger charge is 2.26. The largest absolute Gasteiger partial charge is 0.388 e. The lowest BCUT2D eigenvalue weighted by Crippen LogP contribution is -2.11. The molecule has 0 spiro atoms. The van der Waals surface area contributed by atoms with Gasteiger partial charge in [-0.05, 0) is 12.5 Å². The lowest BCUT2D eigenvalue weighted by Gasteiger charge is -2.09. The van der Waals surface area contributed by atoms with Gasteiger partial charge in [0, 0.05) is 6.42 Å². The average molecular weight is 180 g/mol. The molecule has 1 rings (SSSR count). The molecule has 2 nitrogen and oxygen atoms in total. The molecule has 0 aromatic heterocycles. The molecule has 0 saturated carbocycles. The molecule has 13 heavy (non-hydrogen) atoms. The van der Waals surface area contributed by atoms with Crippen molar-refractivity contribution in [3.8, 4) is 0 Å². The fourth-order valence-electron chi connectivity index (χ4n) is 1.17. The van der Waals surface area contributed by atoms with Crippen LogP contribution in [-0.2, 0) is 4.74 Å². The molecule has 2 unspecified atom stereocenters. The molecular formula is C11H16O2. The monoisotopic (exact) mass is 180 g/mol. The Hall–Kier alpha value is -0.860. The molecule has 0 aromatic carbocycles. The van der Waals surface area contributed by atoms with E-state index in [1.165, 1.54) is 0 Å². The SMILES string of the molecule is C=C/C=C\C(=C/C)C(O)CC1CO1. The number of rotatable bonds is 5. The van der Waals surface area contributed by atoms with Crippen molar-refractivity contribution in [3.05, 3.63) is 36.5 Å². The first kappa shape index (κ1) is 10.2. The van der Waals surface area contributed by atoms with E-state index < -0.39 is 6.10 Å². The van der Waals surface area contributed by atoms with E-state index >= 15 is 0 Å². The van der Waals surface area contributed by atoms with Gasteiger partial charge in [-0.3, -0.25) is 0 Å². The predicted octanol–water partition coefficient (Wildman–Crippen LogP) is 1.82. The molecule has 1 saturated heterocycles. The molecule has 1 heterocycles. The Balaban J connectivity index is 2.43. The number of aliphatic hydroxyl groups is 1. The van der Waals surface area contributed by atoms with Crippen LogP contribution in [0.2, 0.25) is 0 Å². The highest BCUT2D eigenvalue weighted by molar-refractivity contribution is 5.24. The summed E-state index contributed by atoms with van der Waals surface area (Å²) in [4.78, 5) is 0. The second-order valence-corrected chi connectivity index (χ2v) is 3.09. The summed E-state index contributed by atoms with van der Waals surface area (Å²) >= 11 is 0. The van der Waals surface area contributed by atoms with E-state index in [0.717, 1.165) is 12.2 Å². The summed E-state index contributed by atoms with van der Waals surface area (Å²) in [7, 11) is 0. The third kappa shape index (κ3) is 3.57. The van der Waals surface area contributed by atoms with Gasteiger partial charge in [0.05, 0.1) is 18.8 Å². The van der Waals surface area contributed by atoms with Gasteiger partial charge in [-0.1, -0.05) is 30.9 Å². The number of aliphatic hydroxyl groups excluding tert-OH is 1. The zero-order valence-electron chi connectivity index (χ0n) is 7.94. The van der Waals surface area contributed by atoms with Gasteiger partial charge in [-0.25, -0.2) is 0 Å². The Labute approximate surface area is 79.2 Å². The van der Waals surface area contributed by atoms with E-state index in [1.54, 1.807) is 6.08 Å². The van der Waals surface area contributed by atoms with Crippen LogP contribution in [0.3, 0.4) is 0 Å².